The standard InChI is InChI=1S/C10H9BrN2O2/c1-6(10(14)15)7-3-2-4-13-5-12-9(11)8(7)13/h2-6H,1H3,(H,14,15). The highest BCUT2D eigenvalue weighted by molar-refractivity contribution is 9.10. The molecule has 5 heteroatoms. The lowest BCUT2D eigenvalue weighted by molar-refractivity contribution is -0.138. The quantitative estimate of drug-likeness (QED) is 0.909. The van der Waals surface area contributed by atoms with Gasteiger partial charge in [0.1, 0.15) is 10.9 Å². The Morgan fingerprint density at radius 3 is 3.07 bits per heavy atom. The van der Waals surface area contributed by atoms with E-state index in [4.69, 9.17) is 5.11 Å². The van der Waals surface area contributed by atoms with Gasteiger partial charge in [0.15, 0.2) is 0 Å². The Hall–Kier alpha value is -1.36. The van der Waals surface area contributed by atoms with Crippen molar-refractivity contribution in [3.05, 3.63) is 34.8 Å². The number of carboxylic acid groups (broad SMARTS) is 1. The molecule has 0 spiro atoms. The maximum Gasteiger partial charge on any atom is 0.310 e. The molecule has 0 saturated carbocycles. The molecule has 0 fully saturated rings. The monoisotopic (exact) mass is 268 g/mol. The van der Waals surface area contributed by atoms with Gasteiger partial charge < -0.3 is 9.51 Å². The number of fused-ring (bicyclic) bond motifs is 1. The Balaban J connectivity index is 2.69. The van der Waals surface area contributed by atoms with E-state index in [9.17, 15) is 4.79 Å². The van der Waals surface area contributed by atoms with Gasteiger partial charge in [-0.1, -0.05) is 6.07 Å². The minimum absolute atomic E-state index is 0.540. The first kappa shape index (κ1) is 10.2. The molecule has 0 aliphatic rings. The molecule has 15 heavy (non-hydrogen) atoms. The summed E-state index contributed by atoms with van der Waals surface area (Å²) in [6, 6.07) is 3.62. The first-order chi connectivity index (χ1) is 7.11. The van der Waals surface area contributed by atoms with Crippen molar-refractivity contribution in [2.45, 2.75) is 12.8 Å². The number of carbonyl (C=O) groups is 1. The third kappa shape index (κ3) is 1.63. The average Bonchev–Trinajstić information content (AvgIpc) is 2.59. The molecular weight excluding hydrogens is 260 g/mol. The van der Waals surface area contributed by atoms with Crippen molar-refractivity contribution in [1.29, 1.82) is 0 Å². The van der Waals surface area contributed by atoms with Crippen LogP contribution in [0.25, 0.3) is 5.52 Å². The van der Waals surface area contributed by atoms with Crippen molar-refractivity contribution < 1.29 is 9.90 Å². The number of hydrogen-bond acceptors (Lipinski definition) is 2. The molecule has 0 radical (unpaired) electrons. The molecule has 2 aromatic rings. The van der Waals surface area contributed by atoms with Gasteiger partial charge in [-0.05, 0) is 34.5 Å². The molecule has 0 amide bonds. The van der Waals surface area contributed by atoms with Crippen LogP contribution in [0, 0.1) is 0 Å². The van der Waals surface area contributed by atoms with E-state index < -0.39 is 11.9 Å². The summed E-state index contributed by atoms with van der Waals surface area (Å²) in [7, 11) is 0. The van der Waals surface area contributed by atoms with Gasteiger partial charge in [0.2, 0.25) is 0 Å². The number of aliphatic carboxylic acids is 1. The van der Waals surface area contributed by atoms with Gasteiger partial charge in [-0.25, -0.2) is 4.98 Å². The number of rotatable bonds is 2. The minimum Gasteiger partial charge on any atom is -0.481 e. The van der Waals surface area contributed by atoms with E-state index in [-0.39, 0.29) is 0 Å². The van der Waals surface area contributed by atoms with E-state index in [1.54, 1.807) is 23.7 Å². The van der Waals surface area contributed by atoms with Crippen LogP contribution in [0.3, 0.4) is 0 Å². The van der Waals surface area contributed by atoms with Crippen LogP contribution in [0.15, 0.2) is 29.3 Å². The van der Waals surface area contributed by atoms with Gasteiger partial charge in [0.05, 0.1) is 11.4 Å². The highest BCUT2D eigenvalue weighted by Gasteiger charge is 2.18. The van der Waals surface area contributed by atoms with Crippen LogP contribution >= 0.6 is 15.9 Å². The van der Waals surface area contributed by atoms with Crippen LogP contribution in [0.1, 0.15) is 18.4 Å². The maximum atomic E-state index is 10.9. The van der Waals surface area contributed by atoms with Crippen molar-refractivity contribution in [3.63, 3.8) is 0 Å². The molecule has 2 rings (SSSR count). The van der Waals surface area contributed by atoms with Crippen molar-refractivity contribution >= 4 is 27.4 Å². The lowest BCUT2D eigenvalue weighted by Gasteiger charge is -2.08. The number of imidazole rings is 1. The Labute approximate surface area is 94.7 Å². The normalized spacial score (nSPS) is 12.9. The van der Waals surface area contributed by atoms with E-state index in [2.05, 4.69) is 20.9 Å². The van der Waals surface area contributed by atoms with E-state index in [1.807, 2.05) is 12.3 Å². The summed E-state index contributed by atoms with van der Waals surface area (Å²) in [5, 5.41) is 8.98. The van der Waals surface area contributed by atoms with E-state index in [1.165, 1.54) is 0 Å². The molecule has 0 aromatic carbocycles. The van der Waals surface area contributed by atoms with Gasteiger partial charge in [-0.2, -0.15) is 0 Å². The van der Waals surface area contributed by atoms with E-state index in [0.717, 1.165) is 11.1 Å². The Kier molecular flexibility index (Phi) is 2.48. The van der Waals surface area contributed by atoms with Crippen LogP contribution < -0.4 is 0 Å². The SMILES string of the molecule is CC(C(=O)O)c1cccn2cnc(Br)c12. The predicted molar refractivity (Wildman–Crippen MR) is 58.9 cm³/mol. The molecule has 0 bridgehead atoms. The minimum atomic E-state index is -0.837. The van der Waals surface area contributed by atoms with Gasteiger partial charge in [0.25, 0.3) is 0 Å². The molecule has 0 saturated heterocycles. The number of halogens is 1. The summed E-state index contributed by atoms with van der Waals surface area (Å²) in [6.07, 6.45) is 3.49. The van der Waals surface area contributed by atoms with Crippen LogP contribution in [0.2, 0.25) is 0 Å². The first-order valence-corrected chi connectivity index (χ1v) is 5.24. The Morgan fingerprint density at radius 2 is 2.40 bits per heavy atom. The number of aromatic nitrogens is 2. The highest BCUT2D eigenvalue weighted by atomic mass is 79.9. The van der Waals surface area contributed by atoms with Gasteiger partial charge in [-0.3, -0.25) is 4.79 Å². The first-order valence-electron chi connectivity index (χ1n) is 4.45. The number of carboxylic acids is 1. The summed E-state index contributed by atoms with van der Waals surface area (Å²) in [4.78, 5) is 15.0. The fraction of sp³-hybridized carbons (Fsp3) is 0.200. The molecule has 2 heterocycles. The zero-order valence-electron chi connectivity index (χ0n) is 8.01. The third-order valence-electron chi connectivity index (χ3n) is 2.38. The zero-order chi connectivity index (χ0) is 11.0. The molecule has 1 unspecified atom stereocenters. The summed E-state index contributed by atoms with van der Waals surface area (Å²) in [6.45, 7) is 1.66. The topological polar surface area (TPSA) is 54.6 Å². The predicted octanol–water partition coefficient (Wildman–Crippen LogP) is 2.28. The number of nitrogens with zero attached hydrogens (tertiary/aromatic N) is 2. The van der Waals surface area contributed by atoms with Crippen molar-refractivity contribution in [3.8, 4) is 0 Å². The van der Waals surface area contributed by atoms with Crippen LogP contribution in [-0.2, 0) is 4.79 Å². The third-order valence-corrected chi connectivity index (χ3v) is 2.96. The fourth-order valence-electron chi connectivity index (χ4n) is 1.52. The van der Waals surface area contributed by atoms with Crippen molar-refractivity contribution in [1.82, 2.24) is 9.38 Å². The summed E-state index contributed by atoms with van der Waals surface area (Å²) >= 11 is 3.31. The van der Waals surface area contributed by atoms with Gasteiger partial charge in [-0.15, -0.1) is 0 Å². The second kappa shape index (κ2) is 3.66. The van der Waals surface area contributed by atoms with Gasteiger partial charge in [0, 0.05) is 6.20 Å². The number of pyridine rings is 1. The summed E-state index contributed by atoms with van der Waals surface area (Å²) < 4.78 is 2.48. The molecular formula is C10H9BrN2O2. The van der Waals surface area contributed by atoms with E-state index >= 15 is 0 Å². The molecule has 1 atom stereocenters. The largest absolute Gasteiger partial charge is 0.481 e. The molecule has 0 aliphatic heterocycles. The molecule has 4 nitrogen and oxygen atoms in total. The van der Waals surface area contributed by atoms with E-state index in [0.29, 0.717) is 4.60 Å². The maximum absolute atomic E-state index is 10.9. The fourth-order valence-corrected chi connectivity index (χ4v) is 2.05. The smallest absolute Gasteiger partial charge is 0.310 e. The van der Waals surface area contributed by atoms with Crippen LogP contribution in [0.5, 0.6) is 0 Å². The highest BCUT2D eigenvalue weighted by Crippen LogP contribution is 2.26. The van der Waals surface area contributed by atoms with Crippen molar-refractivity contribution in [2.24, 2.45) is 0 Å². The molecule has 1 N–H and O–H groups in total. The Morgan fingerprint density at radius 1 is 1.67 bits per heavy atom. The average molecular weight is 269 g/mol. The lowest BCUT2D eigenvalue weighted by atomic mass is 10.0. The summed E-state index contributed by atoms with van der Waals surface area (Å²) in [5.74, 6) is -1.38. The van der Waals surface area contributed by atoms with Crippen LogP contribution in [-0.4, -0.2) is 20.5 Å². The van der Waals surface area contributed by atoms with Crippen LogP contribution in [0.4, 0.5) is 0 Å². The molecule has 78 valence electrons. The lowest BCUT2D eigenvalue weighted by Crippen LogP contribution is -2.08. The second-order valence-electron chi connectivity index (χ2n) is 3.31. The Bertz CT molecular complexity index is 521. The number of hydrogen-bond donors (Lipinski definition) is 1. The molecule has 2 aromatic heterocycles. The van der Waals surface area contributed by atoms with Gasteiger partial charge >= 0.3 is 5.97 Å². The second-order valence-corrected chi connectivity index (χ2v) is 4.07. The summed E-state index contributed by atoms with van der Waals surface area (Å²) in [5.41, 5.74) is 1.57. The van der Waals surface area contributed by atoms with Crippen molar-refractivity contribution in [2.75, 3.05) is 0 Å². The zero-order valence-corrected chi connectivity index (χ0v) is 9.60. The molecule has 0 aliphatic carbocycles.